The summed E-state index contributed by atoms with van der Waals surface area (Å²) in [4.78, 5) is 99.8. The molecule has 0 aliphatic carbocycles. The number of carbonyl (C=O) groups is 8. The van der Waals surface area contributed by atoms with E-state index in [2.05, 4.69) is 5.32 Å². The molecule has 274 valence electrons. The lowest BCUT2D eigenvalue weighted by Gasteiger charge is -2.36. The van der Waals surface area contributed by atoms with Crippen molar-refractivity contribution in [3.05, 3.63) is 36.5 Å². The van der Waals surface area contributed by atoms with E-state index in [0.29, 0.717) is 38.5 Å². The monoisotopic (exact) mass is 704 g/mol. The van der Waals surface area contributed by atoms with Crippen LogP contribution in [0, 0.1) is 0 Å². The first-order valence-electron chi connectivity index (χ1n) is 16.5. The van der Waals surface area contributed by atoms with Crippen LogP contribution in [0.25, 0.3) is 0 Å². The molecule has 17 heteroatoms. The number of ether oxygens (including phenoxy) is 4. The van der Waals surface area contributed by atoms with Gasteiger partial charge in [0.1, 0.15) is 6.61 Å². The van der Waals surface area contributed by atoms with Gasteiger partial charge in [-0.2, -0.15) is 0 Å². The number of rotatable bonds is 27. The second kappa shape index (κ2) is 20.8. The van der Waals surface area contributed by atoms with Gasteiger partial charge < -0.3 is 29.4 Å². The molecule has 0 aromatic heterocycles. The van der Waals surface area contributed by atoms with Crippen LogP contribution in [0.15, 0.2) is 36.5 Å². The van der Waals surface area contributed by atoms with Crippen molar-refractivity contribution in [2.45, 2.75) is 50.5 Å². The normalized spacial score (nSPS) is 15.9. The molecule has 0 radical (unpaired) electrons. The highest BCUT2D eigenvalue weighted by molar-refractivity contribution is 6.14. The summed E-state index contributed by atoms with van der Waals surface area (Å²) >= 11 is 0. The van der Waals surface area contributed by atoms with E-state index in [0.717, 1.165) is 14.7 Å². The van der Waals surface area contributed by atoms with E-state index in [9.17, 15) is 38.4 Å². The Morgan fingerprint density at radius 2 is 0.860 bits per heavy atom. The lowest BCUT2D eigenvalue weighted by molar-refractivity contribution is -0.139. The van der Waals surface area contributed by atoms with Crippen LogP contribution in [0.4, 0.5) is 0 Å². The number of carboxylic acid groups (broad SMARTS) is 1. The molecular weight excluding hydrogens is 660 g/mol. The maximum absolute atomic E-state index is 13.2. The molecule has 17 nitrogen and oxygen atoms in total. The Balaban J connectivity index is 1.53. The second-order valence-corrected chi connectivity index (χ2v) is 11.7. The summed E-state index contributed by atoms with van der Waals surface area (Å²) < 4.78 is 21.4. The van der Waals surface area contributed by atoms with Crippen LogP contribution in [0.3, 0.4) is 0 Å². The molecule has 50 heavy (non-hydrogen) atoms. The molecule has 0 fully saturated rings. The lowest BCUT2D eigenvalue weighted by Crippen LogP contribution is -2.51. The second-order valence-electron chi connectivity index (χ2n) is 11.7. The maximum atomic E-state index is 13.2. The van der Waals surface area contributed by atoms with Crippen LogP contribution < -0.4 is 5.32 Å². The van der Waals surface area contributed by atoms with Crippen molar-refractivity contribution in [3.8, 4) is 0 Å². The molecule has 3 rings (SSSR count). The Hall–Kier alpha value is -4.58. The number of nitrogens with zero attached hydrogens (tertiary/aromatic N) is 3. The zero-order valence-corrected chi connectivity index (χ0v) is 27.9. The predicted molar refractivity (Wildman–Crippen MR) is 172 cm³/mol. The molecule has 3 heterocycles. The number of hydrogen-bond acceptors (Lipinski definition) is 12. The average Bonchev–Trinajstić information content (AvgIpc) is 3.69. The average molecular weight is 705 g/mol. The van der Waals surface area contributed by atoms with E-state index in [-0.39, 0.29) is 78.9 Å². The first-order valence-corrected chi connectivity index (χ1v) is 16.5. The van der Waals surface area contributed by atoms with Gasteiger partial charge in [-0.1, -0.05) is 0 Å². The molecule has 0 aromatic carbocycles. The van der Waals surface area contributed by atoms with Crippen molar-refractivity contribution in [2.24, 2.45) is 0 Å². The number of imide groups is 3. The first kappa shape index (κ1) is 39.9. The fourth-order valence-corrected chi connectivity index (χ4v) is 5.56. The van der Waals surface area contributed by atoms with E-state index in [1.54, 1.807) is 0 Å². The Kier molecular flexibility index (Phi) is 16.6. The number of aliphatic carboxylic acids is 1. The summed E-state index contributed by atoms with van der Waals surface area (Å²) in [6.07, 6.45) is 8.87. The van der Waals surface area contributed by atoms with Gasteiger partial charge in [0.2, 0.25) is 5.91 Å². The number of amides is 7. The van der Waals surface area contributed by atoms with Gasteiger partial charge in [0, 0.05) is 61.6 Å². The van der Waals surface area contributed by atoms with Crippen LogP contribution >= 0.6 is 0 Å². The van der Waals surface area contributed by atoms with Crippen LogP contribution in [0.1, 0.15) is 44.9 Å². The standard InChI is InChI=1S/C33H44N4O13/c38-25(24-50-23-22-49-21-20-48-19-18-47-17-10-32(45)46)34-33(11-1-14-35-26(39)4-5-27(35)40,12-2-15-36-28(41)6-7-29(36)42)13-3-16-37-30(43)8-9-31(37)44/h4-9H,1-3,10-24H2,(H,34,38)(H,45,46). The number of nitrogens with one attached hydrogen (secondary N) is 1. The van der Waals surface area contributed by atoms with Crippen LogP contribution in [-0.4, -0.2) is 145 Å². The smallest absolute Gasteiger partial charge is 0.305 e. The minimum atomic E-state index is -0.969. The summed E-state index contributed by atoms with van der Waals surface area (Å²) in [5.41, 5.74) is -0.969. The molecule has 2 N–H and O–H groups in total. The summed E-state index contributed by atoms with van der Waals surface area (Å²) in [6.45, 7) is 1.45. The van der Waals surface area contributed by atoms with Crippen molar-refractivity contribution in [1.29, 1.82) is 0 Å². The SMILES string of the molecule is O=C(O)CCOCCOCCOCCOCC(=O)NC(CCCN1C(=O)C=CC1=O)(CCCN1C(=O)C=CC1=O)CCCN1C(=O)C=CC1=O. The topological polar surface area (TPSA) is 215 Å². The fraction of sp³-hybridized carbons (Fsp3) is 0.576. The third kappa shape index (κ3) is 13.4. The number of carbonyl (C=O) groups excluding carboxylic acids is 7. The number of hydrogen-bond donors (Lipinski definition) is 2. The number of carboxylic acids is 1. The summed E-state index contributed by atoms with van der Waals surface area (Å²) in [7, 11) is 0. The third-order valence-electron chi connectivity index (χ3n) is 8.03. The van der Waals surface area contributed by atoms with Gasteiger partial charge in [0.25, 0.3) is 35.4 Å². The predicted octanol–water partition coefficient (Wildman–Crippen LogP) is -0.502. The minimum absolute atomic E-state index is 0.0783. The molecule has 0 atom stereocenters. The summed E-state index contributed by atoms with van der Waals surface area (Å²) in [5, 5.41) is 11.6. The van der Waals surface area contributed by atoms with Crippen molar-refractivity contribution >= 4 is 47.3 Å². The first-order chi connectivity index (χ1) is 24.0. The third-order valence-corrected chi connectivity index (χ3v) is 8.03. The van der Waals surface area contributed by atoms with E-state index >= 15 is 0 Å². The Bertz CT molecular complexity index is 1190. The van der Waals surface area contributed by atoms with Crippen molar-refractivity contribution < 1.29 is 62.4 Å². The van der Waals surface area contributed by atoms with Gasteiger partial charge >= 0.3 is 5.97 Å². The molecule has 0 bridgehead atoms. The van der Waals surface area contributed by atoms with Crippen molar-refractivity contribution in [3.63, 3.8) is 0 Å². The Morgan fingerprint density at radius 1 is 0.540 bits per heavy atom. The van der Waals surface area contributed by atoms with E-state index < -0.39 is 52.9 Å². The molecular formula is C33H44N4O13. The molecule has 0 aromatic rings. The van der Waals surface area contributed by atoms with E-state index in [1.165, 1.54) is 36.5 Å². The minimum Gasteiger partial charge on any atom is -0.481 e. The molecule has 3 aliphatic heterocycles. The Labute approximate surface area is 289 Å². The largest absolute Gasteiger partial charge is 0.481 e. The van der Waals surface area contributed by atoms with Gasteiger partial charge in [0.05, 0.1) is 52.7 Å². The van der Waals surface area contributed by atoms with Gasteiger partial charge in [0.15, 0.2) is 0 Å². The summed E-state index contributed by atoms with van der Waals surface area (Å²) in [6, 6.07) is 0. The van der Waals surface area contributed by atoms with E-state index in [4.69, 9.17) is 24.1 Å². The van der Waals surface area contributed by atoms with Crippen LogP contribution in [0.5, 0.6) is 0 Å². The molecule has 0 spiro atoms. The quantitative estimate of drug-likeness (QED) is 0.0816. The van der Waals surface area contributed by atoms with Gasteiger partial charge in [-0.05, 0) is 38.5 Å². The Morgan fingerprint density at radius 3 is 1.20 bits per heavy atom. The van der Waals surface area contributed by atoms with Gasteiger partial charge in [-0.15, -0.1) is 0 Å². The molecule has 7 amide bonds. The van der Waals surface area contributed by atoms with Gasteiger partial charge in [-0.3, -0.25) is 53.1 Å². The maximum Gasteiger partial charge on any atom is 0.305 e. The van der Waals surface area contributed by atoms with Crippen molar-refractivity contribution in [1.82, 2.24) is 20.0 Å². The fourth-order valence-electron chi connectivity index (χ4n) is 5.56. The molecule has 3 aliphatic rings. The van der Waals surface area contributed by atoms with Crippen LogP contribution in [0.2, 0.25) is 0 Å². The highest BCUT2D eigenvalue weighted by Crippen LogP contribution is 2.28. The zero-order chi connectivity index (χ0) is 36.4. The highest BCUT2D eigenvalue weighted by atomic mass is 16.6. The molecule has 0 saturated heterocycles. The molecule has 0 unspecified atom stereocenters. The van der Waals surface area contributed by atoms with E-state index in [1.807, 2.05) is 0 Å². The summed E-state index contributed by atoms with van der Waals surface area (Å²) in [5.74, 6) is -4.03. The van der Waals surface area contributed by atoms with Crippen molar-refractivity contribution in [2.75, 3.05) is 72.5 Å². The van der Waals surface area contributed by atoms with Crippen LogP contribution in [-0.2, 0) is 57.3 Å². The van der Waals surface area contributed by atoms with Gasteiger partial charge in [-0.25, -0.2) is 0 Å². The highest BCUT2D eigenvalue weighted by Gasteiger charge is 2.34. The molecule has 0 saturated carbocycles. The lowest BCUT2D eigenvalue weighted by atomic mass is 9.83. The zero-order valence-electron chi connectivity index (χ0n) is 27.9.